The van der Waals surface area contributed by atoms with Gasteiger partial charge in [-0.25, -0.2) is 14.4 Å². The number of carbonyl (C=O) groups excluding carboxylic acids is 2. The Labute approximate surface area is 164 Å². The molecule has 2 aliphatic rings. The van der Waals surface area contributed by atoms with E-state index in [1.807, 2.05) is 6.92 Å². The molecule has 1 heterocycles. The van der Waals surface area contributed by atoms with Crippen LogP contribution in [-0.4, -0.2) is 29.7 Å². The lowest BCUT2D eigenvalue weighted by atomic mass is 9.90. The fourth-order valence-corrected chi connectivity index (χ4v) is 3.83. The lowest BCUT2D eigenvalue weighted by molar-refractivity contribution is -0.141. The number of esters is 1. The van der Waals surface area contributed by atoms with Crippen molar-refractivity contribution in [3.8, 4) is 0 Å². The van der Waals surface area contributed by atoms with E-state index in [2.05, 4.69) is 10.6 Å². The van der Waals surface area contributed by atoms with Gasteiger partial charge < -0.3 is 20.5 Å². The van der Waals surface area contributed by atoms with Gasteiger partial charge in [0.05, 0.1) is 23.8 Å². The van der Waals surface area contributed by atoms with Crippen LogP contribution in [0.1, 0.15) is 67.4 Å². The van der Waals surface area contributed by atoms with Gasteiger partial charge >= 0.3 is 18.0 Å². The molecule has 28 heavy (non-hydrogen) atoms. The summed E-state index contributed by atoms with van der Waals surface area (Å²) in [7, 11) is 0. The molecule has 1 aromatic carbocycles. The Balaban J connectivity index is 1.83. The van der Waals surface area contributed by atoms with Gasteiger partial charge in [-0.15, -0.1) is 0 Å². The van der Waals surface area contributed by atoms with Gasteiger partial charge in [-0.1, -0.05) is 38.3 Å². The zero-order valence-corrected chi connectivity index (χ0v) is 16.0. The van der Waals surface area contributed by atoms with Crippen molar-refractivity contribution in [2.75, 3.05) is 6.61 Å². The van der Waals surface area contributed by atoms with Crippen LogP contribution in [0.25, 0.3) is 0 Å². The van der Waals surface area contributed by atoms with Crippen molar-refractivity contribution in [1.29, 1.82) is 0 Å². The molecular formula is C21H26N2O5. The summed E-state index contributed by atoms with van der Waals surface area (Å²) in [4.78, 5) is 36.1. The molecule has 0 aromatic heterocycles. The molecule has 1 fully saturated rings. The quantitative estimate of drug-likeness (QED) is 0.649. The first-order valence-corrected chi connectivity index (χ1v) is 9.80. The van der Waals surface area contributed by atoms with Gasteiger partial charge in [0, 0.05) is 5.70 Å². The van der Waals surface area contributed by atoms with Crippen molar-refractivity contribution in [3.63, 3.8) is 0 Å². The first-order chi connectivity index (χ1) is 13.5. The number of rotatable bonds is 6. The Morgan fingerprint density at radius 1 is 1.14 bits per heavy atom. The van der Waals surface area contributed by atoms with Crippen LogP contribution in [0.5, 0.6) is 0 Å². The third-order valence-corrected chi connectivity index (χ3v) is 5.39. The number of nitrogens with one attached hydrogen (secondary N) is 2. The van der Waals surface area contributed by atoms with Crippen molar-refractivity contribution < 1.29 is 24.2 Å². The number of carboxylic acid groups (broad SMARTS) is 1. The summed E-state index contributed by atoms with van der Waals surface area (Å²) < 4.78 is 5.62. The van der Waals surface area contributed by atoms with E-state index in [1.54, 1.807) is 12.1 Å². The standard InChI is InChI=1S/C21H26N2O5/c1-2-16-17(20(26)28-12-13-6-4-3-5-7-13)18(23-21(27)22-16)14-8-10-15(11-9-14)19(24)25/h8-11,13,18H,2-7,12H2,1H3,(H,24,25)(H2,22,23,27). The molecule has 1 aromatic rings. The van der Waals surface area contributed by atoms with Crippen LogP contribution in [0, 0.1) is 5.92 Å². The molecule has 3 N–H and O–H groups in total. The summed E-state index contributed by atoms with van der Waals surface area (Å²) in [5.41, 5.74) is 1.69. The van der Waals surface area contributed by atoms with E-state index in [0.717, 1.165) is 12.8 Å². The average molecular weight is 386 g/mol. The van der Waals surface area contributed by atoms with Gasteiger partial charge in [-0.2, -0.15) is 0 Å². The summed E-state index contributed by atoms with van der Waals surface area (Å²) in [5, 5.41) is 14.5. The van der Waals surface area contributed by atoms with E-state index in [0.29, 0.717) is 35.8 Å². The van der Waals surface area contributed by atoms with Crippen LogP contribution in [0.15, 0.2) is 35.5 Å². The van der Waals surface area contributed by atoms with E-state index in [-0.39, 0.29) is 5.56 Å². The number of aromatic carboxylic acids is 1. The molecule has 0 bridgehead atoms. The maximum atomic E-state index is 12.9. The Kier molecular flexibility index (Phi) is 6.34. The summed E-state index contributed by atoms with van der Waals surface area (Å²) >= 11 is 0. The van der Waals surface area contributed by atoms with Crippen LogP contribution < -0.4 is 10.6 Å². The Morgan fingerprint density at radius 3 is 2.43 bits per heavy atom. The van der Waals surface area contributed by atoms with E-state index in [4.69, 9.17) is 9.84 Å². The van der Waals surface area contributed by atoms with Crippen molar-refractivity contribution >= 4 is 18.0 Å². The normalized spacial score (nSPS) is 20.3. The SMILES string of the molecule is CCC1=C(C(=O)OCC2CCCCC2)C(c2ccc(C(=O)O)cc2)NC(=O)N1. The van der Waals surface area contributed by atoms with Crippen molar-refractivity contribution in [2.24, 2.45) is 5.92 Å². The number of hydrogen-bond acceptors (Lipinski definition) is 4. The van der Waals surface area contributed by atoms with Crippen molar-refractivity contribution in [2.45, 2.75) is 51.5 Å². The topological polar surface area (TPSA) is 105 Å². The number of ether oxygens (including phenoxy) is 1. The van der Waals surface area contributed by atoms with E-state index < -0.39 is 24.0 Å². The molecule has 150 valence electrons. The monoisotopic (exact) mass is 386 g/mol. The molecule has 1 atom stereocenters. The highest BCUT2D eigenvalue weighted by Crippen LogP contribution is 2.30. The molecule has 3 rings (SSSR count). The second-order valence-corrected chi connectivity index (χ2v) is 7.31. The average Bonchev–Trinajstić information content (AvgIpc) is 2.72. The predicted octanol–water partition coefficient (Wildman–Crippen LogP) is 3.53. The van der Waals surface area contributed by atoms with Gasteiger partial charge in [0.15, 0.2) is 0 Å². The van der Waals surface area contributed by atoms with E-state index in [9.17, 15) is 14.4 Å². The fraction of sp³-hybridized carbons (Fsp3) is 0.476. The summed E-state index contributed by atoms with van der Waals surface area (Å²) in [5.74, 6) is -1.08. The largest absolute Gasteiger partial charge is 0.478 e. The fourth-order valence-electron chi connectivity index (χ4n) is 3.83. The van der Waals surface area contributed by atoms with Crippen LogP contribution >= 0.6 is 0 Å². The molecule has 0 radical (unpaired) electrons. The molecule has 2 amide bonds. The zero-order chi connectivity index (χ0) is 20.1. The van der Waals surface area contributed by atoms with E-state index >= 15 is 0 Å². The predicted molar refractivity (Wildman–Crippen MR) is 103 cm³/mol. The summed E-state index contributed by atoms with van der Waals surface area (Å²) in [6.07, 6.45) is 6.19. The Morgan fingerprint density at radius 2 is 1.82 bits per heavy atom. The van der Waals surface area contributed by atoms with Gasteiger partial charge in [-0.05, 0) is 42.9 Å². The number of carbonyl (C=O) groups is 3. The number of allylic oxidation sites excluding steroid dienone is 1. The maximum absolute atomic E-state index is 12.9. The molecule has 1 saturated carbocycles. The van der Waals surface area contributed by atoms with E-state index in [1.165, 1.54) is 31.4 Å². The maximum Gasteiger partial charge on any atom is 0.338 e. The molecule has 0 spiro atoms. The number of hydrogen-bond donors (Lipinski definition) is 3. The molecule has 1 aliphatic heterocycles. The second kappa shape index (κ2) is 8.91. The number of urea groups is 1. The van der Waals surface area contributed by atoms with Crippen LogP contribution in [0.3, 0.4) is 0 Å². The number of benzene rings is 1. The van der Waals surface area contributed by atoms with Crippen LogP contribution in [0.4, 0.5) is 4.79 Å². The highest BCUT2D eigenvalue weighted by molar-refractivity contribution is 5.95. The molecule has 0 saturated heterocycles. The minimum atomic E-state index is -1.03. The lowest BCUT2D eigenvalue weighted by Gasteiger charge is -2.30. The highest BCUT2D eigenvalue weighted by Gasteiger charge is 2.33. The molecule has 1 aliphatic carbocycles. The van der Waals surface area contributed by atoms with Gasteiger partial charge in [0.25, 0.3) is 0 Å². The minimum Gasteiger partial charge on any atom is -0.478 e. The van der Waals surface area contributed by atoms with Crippen LogP contribution in [0.2, 0.25) is 0 Å². The number of carboxylic acids is 1. The number of amides is 2. The lowest BCUT2D eigenvalue weighted by Crippen LogP contribution is -2.46. The van der Waals surface area contributed by atoms with Gasteiger partial charge in [0.1, 0.15) is 0 Å². The zero-order valence-electron chi connectivity index (χ0n) is 16.0. The second-order valence-electron chi connectivity index (χ2n) is 7.31. The Bertz CT molecular complexity index is 778. The van der Waals surface area contributed by atoms with Crippen molar-refractivity contribution in [3.05, 3.63) is 46.7 Å². The third-order valence-electron chi connectivity index (χ3n) is 5.39. The first kappa shape index (κ1) is 19.9. The first-order valence-electron chi connectivity index (χ1n) is 9.80. The molecule has 1 unspecified atom stereocenters. The minimum absolute atomic E-state index is 0.144. The molecular weight excluding hydrogens is 360 g/mol. The summed E-state index contributed by atoms with van der Waals surface area (Å²) in [6, 6.07) is 5.08. The summed E-state index contributed by atoms with van der Waals surface area (Å²) in [6.45, 7) is 2.25. The molecule has 7 heteroatoms. The highest BCUT2D eigenvalue weighted by atomic mass is 16.5. The Hall–Kier alpha value is -2.83. The molecule has 7 nitrogen and oxygen atoms in total. The van der Waals surface area contributed by atoms with Gasteiger partial charge in [-0.3, -0.25) is 0 Å². The smallest absolute Gasteiger partial charge is 0.338 e. The van der Waals surface area contributed by atoms with Crippen molar-refractivity contribution in [1.82, 2.24) is 10.6 Å². The van der Waals surface area contributed by atoms with Crippen LogP contribution in [-0.2, 0) is 9.53 Å². The third kappa shape index (κ3) is 4.52. The van der Waals surface area contributed by atoms with Gasteiger partial charge in [0.2, 0.25) is 0 Å².